The van der Waals surface area contributed by atoms with E-state index in [1.807, 2.05) is 18.2 Å². The number of nitrogens with zero attached hydrogens (tertiary/aromatic N) is 2. The molecule has 1 aromatic heterocycles. The Balaban J connectivity index is 2.12. The zero-order valence-corrected chi connectivity index (χ0v) is 16.1. The Kier molecular flexibility index (Phi) is 4.68. The number of sulfonamides is 1. The highest BCUT2D eigenvalue weighted by Crippen LogP contribution is 2.25. The van der Waals surface area contributed by atoms with Gasteiger partial charge in [-0.25, -0.2) is 13.1 Å². The fourth-order valence-corrected chi connectivity index (χ4v) is 4.37. The van der Waals surface area contributed by atoms with Gasteiger partial charge in [-0.2, -0.15) is 0 Å². The Labute approximate surface area is 156 Å². The van der Waals surface area contributed by atoms with E-state index in [2.05, 4.69) is 4.72 Å². The van der Waals surface area contributed by atoms with Crippen LogP contribution in [0, 0.1) is 13.8 Å². The SMILES string of the molecule is Cc1c(Cl)cccc1S(=O)(=O)Nc1c(C)n(C)n(-c2ccccc2)c1=O. The molecular weight excluding hydrogens is 374 g/mol. The fourth-order valence-electron chi connectivity index (χ4n) is 2.75. The van der Waals surface area contributed by atoms with Crippen LogP contribution in [0.25, 0.3) is 5.69 Å². The average molecular weight is 392 g/mol. The summed E-state index contributed by atoms with van der Waals surface area (Å²) in [6, 6.07) is 13.6. The van der Waals surface area contributed by atoms with Crippen LogP contribution in [0.5, 0.6) is 0 Å². The highest BCUT2D eigenvalue weighted by Gasteiger charge is 2.24. The summed E-state index contributed by atoms with van der Waals surface area (Å²) < 4.78 is 31.1. The summed E-state index contributed by atoms with van der Waals surface area (Å²) >= 11 is 6.03. The molecule has 1 N–H and O–H groups in total. The predicted molar refractivity (Wildman–Crippen MR) is 103 cm³/mol. The Bertz CT molecular complexity index is 1130. The number of para-hydroxylation sites is 1. The highest BCUT2D eigenvalue weighted by molar-refractivity contribution is 7.92. The molecule has 0 unspecified atom stereocenters. The minimum atomic E-state index is -3.96. The topological polar surface area (TPSA) is 73.1 Å². The van der Waals surface area contributed by atoms with Crippen molar-refractivity contribution < 1.29 is 8.42 Å². The van der Waals surface area contributed by atoms with E-state index >= 15 is 0 Å². The number of halogens is 1. The van der Waals surface area contributed by atoms with Crippen LogP contribution in [0.1, 0.15) is 11.3 Å². The lowest BCUT2D eigenvalue weighted by Crippen LogP contribution is -2.23. The van der Waals surface area contributed by atoms with E-state index in [0.29, 0.717) is 22.0 Å². The third-order valence-electron chi connectivity index (χ3n) is 4.30. The van der Waals surface area contributed by atoms with E-state index in [1.54, 1.807) is 49.8 Å². The largest absolute Gasteiger partial charge is 0.296 e. The summed E-state index contributed by atoms with van der Waals surface area (Å²) in [5, 5.41) is 0.347. The number of aromatic nitrogens is 2. The molecule has 0 aliphatic carbocycles. The first-order valence-corrected chi connectivity index (χ1v) is 9.72. The summed E-state index contributed by atoms with van der Waals surface area (Å²) in [5.74, 6) is 0. The minimum absolute atomic E-state index is 0.00993. The van der Waals surface area contributed by atoms with Gasteiger partial charge in [0, 0.05) is 12.1 Å². The maximum atomic E-state index is 12.9. The molecule has 136 valence electrons. The van der Waals surface area contributed by atoms with E-state index in [4.69, 9.17) is 11.6 Å². The molecule has 0 aliphatic rings. The molecule has 0 bridgehead atoms. The first-order valence-electron chi connectivity index (χ1n) is 7.86. The van der Waals surface area contributed by atoms with Gasteiger partial charge in [0.15, 0.2) is 0 Å². The maximum absolute atomic E-state index is 12.9. The second-order valence-corrected chi connectivity index (χ2v) is 7.96. The monoisotopic (exact) mass is 391 g/mol. The van der Waals surface area contributed by atoms with Gasteiger partial charge >= 0.3 is 0 Å². The van der Waals surface area contributed by atoms with E-state index in [0.717, 1.165) is 0 Å². The van der Waals surface area contributed by atoms with Gasteiger partial charge in [0.2, 0.25) is 0 Å². The summed E-state index contributed by atoms with van der Waals surface area (Å²) in [6.45, 7) is 3.31. The first-order chi connectivity index (χ1) is 12.2. The lowest BCUT2D eigenvalue weighted by Gasteiger charge is -2.10. The molecule has 0 fully saturated rings. The van der Waals surface area contributed by atoms with Crippen LogP contribution in [-0.4, -0.2) is 17.8 Å². The van der Waals surface area contributed by atoms with Crippen LogP contribution < -0.4 is 10.3 Å². The van der Waals surface area contributed by atoms with E-state index in [9.17, 15) is 13.2 Å². The minimum Gasteiger partial charge on any atom is -0.283 e. The molecule has 2 aromatic carbocycles. The number of rotatable bonds is 4. The second kappa shape index (κ2) is 6.66. The quantitative estimate of drug-likeness (QED) is 0.741. The summed E-state index contributed by atoms with van der Waals surface area (Å²) in [4.78, 5) is 12.9. The summed E-state index contributed by atoms with van der Waals surface area (Å²) in [5.41, 5.74) is 1.14. The number of anilines is 1. The van der Waals surface area contributed by atoms with Gasteiger partial charge in [0.1, 0.15) is 5.69 Å². The smallest absolute Gasteiger partial charge is 0.283 e. The first kappa shape index (κ1) is 18.3. The molecule has 0 radical (unpaired) electrons. The molecule has 3 aromatic rings. The van der Waals surface area contributed by atoms with Crippen molar-refractivity contribution in [3.05, 3.63) is 75.2 Å². The van der Waals surface area contributed by atoms with Gasteiger partial charge in [0.25, 0.3) is 15.6 Å². The Morgan fingerprint density at radius 3 is 2.31 bits per heavy atom. The van der Waals surface area contributed by atoms with Crippen LogP contribution in [-0.2, 0) is 17.1 Å². The van der Waals surface area contributed by atoms with Crippen molar-refractivity contribution in [2.24, 2.45) is 7.05 Å². The number of hydrogen-bond donors (Lipinski definition) is 1. The Morgan fingerprint density at radius 1 is 1.00 bits per heavy atom. The van der Waals surface area contributed by atoms with Crippen LogP contribution in [0.4, 0.5) is 5.69 Å². The molecule has 6 nitrogen and oxygen atoms in total. The Morgan fingerprint density at radius 2 is 1.65 bits per heavy atom. The van der Waals surface area contributed by atoms with Crippen LogP contribution >= 0.6 is 11.6 Å². The molecule has 0 atom stereocenters. The van der Waals surface area contributed by atoms with Crippen molar-refractivity contribution in [2.45, 2.75) is 18.7 Å². The molecule has 26 heavy (non-hydrogen) atoms. The molecular formula is C18H18ClN3O3S. The fraction of sp³-hybridized carbons (Fsp3) is 0.167. The summed E-state index contributed by atoms with van der Waals surface area (Å²) in [7, 11) is -2.26. The van der Waals surface area contributed by atoms with Crippen LogP contribution in [0.15, 0.2) is 58.2 Å². The van der Waals surface area contributed by atoms with Gasteiger partial charge in [-0.3, -0.25) is 14.2 Å². The third-order valence-corrected chi connectivity index (χ3v) is 6.20. The molecule has 1 heterocycles. The molecule has 0 amide bonds. The van der Waals surface area contributed by atoms with Crippen molar-refractivity contribution in [1.82, 2.24) is 9.36 Å². The lowest BCUT2D eigenvalue weighted by molar-refractivity contribution is 0.600. The second-order valence-electron chi connectivity index (χ2n) is 5.90. The number of hydrogen-bond acceptors (Lipinski definition) is 3. The zero-order valence-electron chi connectivity index (χ0n) is 14.5. The molecule has 8 heteroatoms. The molecule has 0 spiro atoms. The predicted octanol–water partition coefficient (Wildman–Crippen LogP) is 3.25. The number of benzene rings is 2. The average Bonchev–Trinajstić information content (AvgIpc) is 2.81. The van der Waals surface area contributed by atoms with Crippen molar-refractivity contribution in [3.8, 4) is 5.69 Å². The standard InChI is InChI=1S/C18H18ClN3O3S/c1-12-15(19)10-7-11-16(12)26(24,25)20-17-13(2)21(3)22(18(17)23)14-8-5-4-6-9-14/h4-11,20H,1-3H3. The highest BCUT2D eigenvalue weighted by atomic mass is 35.5. The van der Waals surface area contributed by atoms with E-state index in [1.165, 1.54) is 10.7 Å². The zero-order chi connectivity index (χ0) is 19.1. The van der Waals surface area contributed by atoms with Crippen molar-refractivity contribution in [2.75, 3.05) is 4.72 Å². The van der Waals surface area contributed by atoms with Crippen molar-refractivity contribution in [3.63, 3.8) is 0 Å². The lowest BCUT2D eigenvalue weighted by atomic mass is 10.2. The molecule has 3 rings (SSSR count). The van der Waals surface area contributed by atoms with Crippen molar-refractivity contribution >= 4 is 27.3 Å². The van der Waals surface area contributed by atoms with Crippen LogP contribution in [0.3, 0.4) is 0 Å². The van der Waals surface area contributed by atoms with Gasteiger partial charge in [0.05, 0.1) is 16.3 Å². The normalized spacial score (nSPS) is 11.5. The van der Waals surface area contributed by atoms with Crippen molar-refractivity contribution in [1.29, 1.82) is 0 Å². The molecule has 0 aliphatic heterocycles. The van der Waals surface area contributed by atoms with E-state index < -0.39 is 15.6 Å². The van der Waals surface area contributed by atoms with Crippen LogP contribution in [0.2, 0.25) is 5.02 Å². The molecule has 0 saturated carbocycles. The molecule has 0 saturated heterocycles. The number of nitrogens with one attached hydrogen (secondary N) is 1. The Hall–Kier alpha value is -2.51. The maximum Gasteiger partial charge on any atom is 0.296 e. The van der Waals surface area contributed by atoms with Gasteiger partial charge in [-0.05, 0) is 43.7 Å². The third kappa shape index (κ3) is 3.04. The van der Waals surface area contributed by atoms with Gasteiger partial charge in [-0.15, -0.1) is 0 Å². The van der Waals surface area contributed by atoms with Gasteiger partial charge in [-0.1, -0.05) is 35.9 Å². The summed E-state index contributed by atoms with van der Waals surface area (Å²) in [6.07, 6.45) is 0. The van der Waals surface area contributed by atoms with E-state index in [-0.39, 0.29) is 10.6 Å². The van der Waals surface area contributed by atoms with Gasteiger partial charge < -0.3 is 0 Å².